The van der Waals surface area contributed by atoms with Crippen LogP contribution in [0.5, 0.6) is 0 Å². The van der Waals surface area contributed by atoms with Crippen molar-refractivity contribution >= 4 is 0 Å². The molecule has 0 spiro atoms. The largest absolute Gasteiger partial charge is 0.310 e. The zero-order valence-electron chi connectivity index (χ0n) is 8.92. The Bertz CT molecular complexity index is 270. The number of rotatable bonds is 3. The Kier molecular flexibility index (Phi) is 3.20. The number of aryl methyl sites for hydroxylation is 1. The van der Waals surface area contributed by atoms with E-state index >= 15 is 0 Å². The van der Waals surface area contributed by atoms with Gasteiger partial charge in [0.25, 0.3) is 0 Å². The lowest BCUT2D eigenvalue weighted by molar-refractivity contribution is 0.524. The molecular formula is C13H19N. The zero-order chi connectivity index (χ0) is 9.80. The van der Waals surface area contributed by atoms with Gasteiger partial charge in [-0.25, -0.2) is 0 Å². The first-order valence-electron chi connectivity index (χ1n) is 5.63. The summed E-state index contributed by atoms with van der Waals surface area (Å²) in [5.41, 5.74) is 2.75. The van der Waals surface area contributed by atoms with Gasteiger partial charge >= 0.3 is 0 Å². The number of hydrogen-bond donors (Lipinski definition) is 1. The van der Waals surface area contributed by atoms with Gasteiger partial charge in [0.05, 0.1) is 0 Å². The molecule has 1 saturated carbocycles. The molecular weight excluding hydrogens is 170 g/mol. The van der Waals surface area contributed by atoms with Crippen molar-refractivity contribution in [1.29, 1.82) is 0 Å². The summed E-state index contributed by atoms with van der Waals surface area (Å²) in [4.78, 5) is 0. The zero-order valence-corrected chi connectivity index (χ0v) is 8.92. The number of benzene rings is 1. The van der Waals surface area contributed by atoms with Crippen molar-refractivity contribution in [2.45, 2.75) is 45.2 Å². The first kappa shape index (κ1) is 9.72. The molecule has 1 nitrogen and oxygen atoms in total. The average Bonchev–Trinajstić information content (AvgIpc) is 2.70. The van der Waals surface area contributed by atoms with Crippen LogP contribution in [0.3, 0.4) is 0 Å². The molecule has 1 fully saturated rings. The van der Waals surface area contributed by atoms with Gasteiger partial charge in [0.2, 0.25) is 0 Å². The van der Waals surface area contributed by atoms with Crippen LogP contribution >= 0.6 is 0 Å². The van der Waals surface area contributed by atoms with Gasteiger partial charge in [0.1, 0.15) is 0 Å². The summed E-state index contributed by atoms with van der Waals surface area (Å²) in [5.74, 6) is 0. The van der Waals surface area contributed by atoms with Crippen molar-refractivity contribution in [2.24, 2.45) is 0 Å². The van der Waals surface area contributed by atoms with Crippen molar-refractivity contribution in [3.8, 4) is 0 Å². The molecule has 2 rings (SSSR count). The molecule has 1 aliphatic rings. The fraction of sp³-hybridized carbons (Fsp3) is 0.538. The second-order valence-electron chi connectivity index (χ2n) is 4.35. The Hall–Kier alpha value is -0.820. The Balaban J connectivity index is 1.82. The molecule has 0 bridgehead atoms. The molecule has 1 aromatic rings. The minimum Gasteiger partial charge on any atom is -0.310 e. The van der Waals surface area contributed by atoms with Crippen LogP contribution in [0.15, 0.2) is 24.3 Å². The highest BCUT2D eigenvalue weighted by molar-refractivity contribution is 5.21. The monoisotopic (exact) mass is 189 g/mol. The lowest BCUT2D eigenvalue weighted by Gasteiger charge is -2.11. The lowest BCUT2D eigenvalue weighted by Crippen LogP contribution is -2.25. The van der Waals surface area contributed by atoms with Crippen molar-refractivity contribution < 1.29 is 0 Å². The van der Waals surface area contributed by atoms with Crippen LogP contribution in [0.2, 0.25) is 0 Å². The first-order chi connectivity index (χ1) is 6.84. The lowest BCUT2D eigenvalue weighted by atomic mass is 10.1. The van der Waals surface area contributed by atoms with Crippen LogP contribution in [0.4, 0.5) is 0 Å². The van der Waals surface area contributed by atoms with Gasteiger partial charge in [0, 0.05) is 12.6 Å². The van der Waals surface area contributed by atoms with E-state index in [9.17, 15) is 0 Å². The predicted octanol–water partition coefficient (Wildman–Crippen LogP) is 3.03. The highest BCUT2D eigenvalue weighted by atomic mass is 14.9. The molecule has 0 unspecified atom stereocenters. The summed E-state index contributed by atoms with van der Waals surface area (Å²) < 4.78 is 0. The quantitative estimate of drug-likeness (QED) is 0.770. The number of nitrogens with one attached hydrogen (secondary N) is 1. The van der Waals surface area contributed by atoms with E-state index in [1.165, 1.54) is 36.8 Å². The van der Waals surface area contributed by atoms with Gasteiger partial charge in [-0.05, 0) is 25.3 Å². The van der Waals surface area contributed by atoms with Gasteiger partial charge in [0.15, 0.2) is 0 Å². The van der Waals surface area contributed by atoms with E-state index in [0.717, 1.165) is 12.6 Å². The Labute approximate surface area is 86.5 Å². The van der Waals surface area contributed by atoms with Crippen molar-refractivity contribution in [2.75, 3.05) is 0 Å². The van der Waals surface area contributed by atoms with Crippen LogP contribution in [-0.4, -0.2) is 6.04 Å². The molecule has 0 amide bonds. The van der Waals surface area contributed by atoms with Crippen molar-refractivity contribution in [3.05, 3.63) is 35.4 Å². The third kappa shape index (κ3) is 2.58. The second-order valence-corrected chi connectivity index (χ2v) is 4.35. The van der Waals surface area contributed by atoms with E-state index in [1.54, 1.807) is 0 Å². The predicted molar refractivity (Wildman–Crippen MR) is 60.3 cm³/mol. The Morgan fingerprint density at radius 2 is 1.79 bits per heavy atom. The van der Waals surface area contributed by atoms with E-state index in [0.29, 0.717) is 0 Å². The molecule has 0 atom stereocenters. The van der Waals surface area contributed by atoms with Gasteiger partial charge in [-0.15, -0.1) is 0 Å². The van der Waals surface area contributed by atoms with Crippen LogP contribution in [0.25, 0.3) is 0 Å². The van der Waals surface area contributed by atoms with Gasteiger partial charge in [-0.2, -0.15) is 0 Å². The SMILES string of the molecule is Cc1ccc(CNC2CCCC2)cc1. The van der Waals surface area contributed by atoms with Crippen molar-refractivity contribution in [3.63, 3.8) is 0 Å². The molecule has 1 heteroatoms. The van der Waals surface area contributed by atoms with Crippen molar-refractivity contribution in [1.82, 2.24) is 5.32 Å². The van der Waals surface area contributed by atoms with Crippen LogP contribution < -0.4 is 5.32 Å². The molecule has 0 saturated heterocycles. The van der Waals surface area contributed by atoms with E-state index in [-0.39, 0.29) is 0 Å². The fourth-order valence-electron chi connectivity index (χ4n) is 2.10. The van der Waals surface area contributed by atoms with E-state index in [1.807, 2.05) is 0 Å². The van der Waals surface area contributed by atoms with E-state index < -0.39 is 0 Å². The molecule has 1 aliphatic carbocycles. The van der Waals surface area contributed by atoms with Gasteiger partial charge < -0.3 is 5.32 Å². The minimum absolute atomic E-state index is 0.774. The molecule has 1 aromatic carbocycles. The van der Waals surface area contributed by atoms with E-state index in [2.05, 4.69) is 36.5 Å². The molecule has 0 heterocycles. The third-order valence-corrected chi connectivity index (χ3v) is 3.07. The normalized spacial score (nSPS) is 17.5. The topological polar surface area (TPSA) is 12.0 Å². The summed E-state index contributed by atoms with van der Waals surface area (Å²) in [6.07, 6.45) is 5.55. The third-order valence-electron chi connectivity index (χ3n) is 3.07. The molecule has 14 heavy (non-hydrogen) atoms. The number of hydrogen-bond acceptors (Lipinski definition) is 1. The molecule has 0 radical (unpaired) electrons. The van der Waals surface area contributed by atoms with Crippen LogP contribution in [0.1, 0.15) is 36.8 Å². The summed E-state index contributed by atoms with van der Waals surface area (Å²) in [6, 6.07) is 9.59. The first-order valence-corrected chi connectivity index (χ1v) is 5.63. The minimum atomic E-state index is 0.774. The highest BCUT2D eigenvalue weighted by Crippen LogP contribution is 2.18. The summed E-state index contributed by atoms with van der Waals surface area (Å²) in [5, 5.41) is 3.62. The maximum Gasteiger partial charge on any atom is 0.0208 e. The standard InChI is InChI=1S/C13H19N/c1-11-6-8-12(9-7-11)10-14-13-4-2-3-5-13/h6-9,13-14H,2-5,10H2,1H3. The van der Waals surface area contributed by atoms with Gasteiger partial charge in [-0.3, -0.25) is 0 Å². The summed E-state index contributed by atoms with van der Waals surface area (Å²) >= 11 is 0. The van der Waals surface area contributed by atoms with Crippen LogP contribution in [-0.2, 0) is 6.54 Å². The van der Waals surface area contributed by atoms with E-state index in [4.69, 9.17) is 0 Å². The van der Waals surface area contributed by atoms with Crippen LogP contribution in [0, 0.1) is 6.92 Å². The average molecular weight is 189 g/mol. The second kappa shape index (κ2) is 4.61. The maximum absolute atomic E-state index is 3.62. The molecule has 76 valence electrons. The highest BCUT2D eigenvalue weighted by Gasteiger charge is 2.13. The molecule has 1 N–H and O–H groups in total. The van der Waals surface area contributed by atoms with Gasteiger partial charge in [-0.1, -0.05) is 42.7 Å². The molecule has 0 aliphatic heterocycles. The maximum atomic E-state index is 3.62. The Morgan fingerprint density at radius 3 is 2.43 bits per heavy atom. The Morgan fingerprint density at radius 1 is 1.14 bits per heavy atom. The summed E-state index contributed by atoms with van der Waals surface area (Å²) in [7, 11) is 0. The molecule has 0 aromatic heterocycles. The summed E-state index contributed by atoms with van der Waals surface area (Å²) in [6.45, 7) is 3.17. The smallest absolute Gasteiger partial charge is 0.0208 e. The fourth-order valence-corrected chi connectivity index (χ4v) is 2.10.